The molecule has 122 valence electrons. The lowest BCUT2D eigenvalue weighted by Gasteiger charge is -2.12. The van der Waals surface area contributed by atoms with Crippen molar-refractivity contribution in [1.29, 1.82) is 0 Å². The standard InChI is InChI=1S/C16H14BrCl2NO3/c1-22-13-5-10(6-14(23-2)15(13)17)16(21)20-8-9-3-4-11(18)7-12(9)19/h3-7H,8H2,1-2H3,(H,20,21). The van der Waals surface area contributed by atoms with E-state index in [2.05, 4.69) is 21.2 Å². The van der Waals surface area contributed by atoms with Crippen LogP contribution in [0.25, 0.3) is 0 Å². The van der Waals surface area contributed by atoms with Crippen LogP contribution in [0, 0.1) is 0 Å². The summed E-state index contributed by atoms with van der Waals surface area (Å²) in [6.45, 7) is 0.287. The van der Waals surface area contributed by atoms with Crippen molar-refractivity contribution in [3.05, 3.63) is 56.0 Å². The van der Waals surface area contributed by atoms with Crippen molar-refractivity contribution in [3.63, 3.8) is 0 Å². The molecule has 0 atom stereocenters. The van der Waals surface area contributed by atoms with Gasteiger partial charge in [0.25, 0.3) is 5.91 Å². The van der Waals surface area contributed by atoms with Crippen molar-refractivity contribution in [2.45, 2.75) is 6.54 Å². The highest BCUT2D eigenvalue weighted by Crippen LogP contribution is 2.35. The molecule has 0 spiro atoms. The first-order chi connectivity index (χ1) is 11.0. The zero-order chi connectivity index (χ0) is 17.0. The fourth-order valence-corrected chi connectivity index (χ4v) is 2.97. The summed E-state index contributed by atoms with van der Waals surface area (Å²) in [6, 6.07) is 8.39. The van der Waals surface area contributed by atoms with Gasteiger partial charge < -0.3 is 14.8 Å². The van der Waals surface area contributed by atoms with E-state index in [9.17, 15) is 4.79 Å². The predicted molar refractivity (Wildman–Crippen MR) is 94.9 cm³/mol. The van der Waals surface area contributed by atoms with Gasteiger partial charge in [-0.15, -0.1) is 0 Å². The normalized spacial score (nSPS) is 10.3. The number of halogens is 3. The minimum Gasteiger partial charge on any atom is -0.495 e. The van der Waals surface area contributed by atoms with E-state index in [0.717, 1.165) is 5.56 Å². The molecule has 23 heavy (non-hydrogen) atoms. The van der Waals surface area contributed by atoms with Crippen LogP contribution in [0.4, 0.5) is 0 Å². The third-order valence-corrected chi connectivity index (χ3v) is 4.53. The van der Waals surface area contributed by atoms with Crippen molar-refractivity contribution in [2.75, 3.05) is 14.2 Å². The molecule has 2 aromatic carbocycles. The molecule has 0 aliphatic carbocycles. The van der Waals surface area contributed by atoms with Gasteiger partial charge in [-0.25, -0.2) is 0 Å². The van der Waals surface area contributed by atoms with Crippen molar-refractivity contribution in [2.24, 2.45) is 0 Å². The van der Waals surface area contributed by atoms with E-state index in [1.54, 1.807) is 30.3 Å². The first-order valence-electron chi connectivity index (χ1n) is 6.60. The molecule has 0 saturated carbocycles. The summed E-state index contributed by atoms with van der Waals surface area (Å²) in [5.41, 5.74) is 1.20. The topological polar surface area (TPSA) is 47.6 Å². The number of hydrogen-bond acceptors (Lipinski definition) is 3. The molecule has 0 fully saturated rings. The van der Waals surface area contributed by atoms with Gasteiger partial charge in [-0.3, -0.25) is 4.79 Å². The number of benzene rings is 2. The monoisotopic (exact) mass is 417 g/mol. The quantitative estimate of drug-likeness (QED) is 0.765. The molecular weight excluding hydrogens is 405 g/mol. The fraction of sp³-hybridized carbons (Fsp3) is 0.188. The van der Waals surface area contributed by atoms with Crippen LogP contribution in [0.2, 0.25) is 10.0 Å². The highest BCUT2D eigenvalue weighted by Gasteiger charge is 2.15. The Morgan fingerprint density at radius 1 is 1.13 bits per heavy atom. The van der Waals surface area contributed by atoms with E-state index in [1.165, 1.54) is 14.2 Å². The average molecular weight is 419 g/mol. The molecule has 1 amide bonds. The Bertz CT molecular complexity index is 712. The maximum atomic E-state index is 12.3. The van der Waals surface area contributed by atoms with Gasteiger partial charge >= 0.3 is 0 Å². The van der Waals surface area contributed by atoms with Gasteiger partial charge in [-0.2, -0.15) is 0 Å². The molecule has 2 rings (SSSR count). The van der Waals surface area contributed by atoms with E-state index in [-0.39, 0.29) is 12.5 Å². The van der Waals surface area contributed by atoms with Crippen LogP contribution in [-0.4, -0.2) is 20.1 Å². The van der Waals surface area contributed by atoms with Crippen LogP contribution < -0.4 is 14.8 Å². The highest BCUT2D eigenvalue weighted by atomic mass is 79.9. The van der Waals surface area contributed by atoms with Gasteiger partial charge in [0.05, 0.1) is 14.2 Å². The molecule has 0 saturated heterocycles. The Labute approximate surface area is 152 Å². The molecule has 0 bridgehead atoms. The second-order valence-electron chi connectivity index (χ2n) is 4.61. The Kier molecular flexibility index (Phi) is 6.16. The van der Waals surface area contributed by atoms with Crippen LogP contribution in [0.5, 0.6) is 11.5 Å². The predicted octanol–water partition coefficient (Wildman–Crippen LogP) is 4.70. The van der Waals surface area contributed by atoms with Crippen LogP contribution in [0.3, 0.4) is 0 Å². The Hall–Kier alpha value is -1.43. The largest absolute Gasteiger partial charge is 0.495 e. The number of carbonyl (C=O) groups is 1. The summed E-state index contributed by atoms with van der Waals surface area (Å²) < 4.78 is 11.1. The summed E-state index contributed by atoms with van der Waals surface area (Å²) in [6.07, 6.45) is 0. The zero-order valence-electron chi connectivity index (χ0n) is 12.5. The number of carbonyl (C=O) groups excluding carboxylic acids is 1. The van der Waals surface area contributed by atoms with E-state index in [1.807, 2.05) is 0 Å². The number of methoxy groups -OCH3 is 2. The molecule has 7 heteroatoms. The number of hydrogen-bond donors (Lipinski definition) is 1. The van der Waals surface area contributed by atoms with Crippen LogP contribution >= 0.6 is 39.1 Å². The molecule has 1 N–H and O–H groups in total. The van der Waals surface area contributed by atoms with Crippen molar-refractivity contribution >= 4 is 45.0 Å². The minimum atomic E-state index is -0.264. The fourth-order valence-electron chi connectivity index (χ4n) is 1.94. The molecular formula is C16H14BrCl2NO3. The van der Waals surface area contributed by atoms with Gasteiger partial charge in [0.2, 0.25) is 0 Å². The van der Waals surface area contributed by atoms with Gasteiger partial charge in [0, 0.05) is 22.2 Å². The van der Waals surface area contributed by atoms with E-state index < -0.39 is 0 Å². The molecule has 0 radical (unpaired) electrons. The molecule has 0 aromatic heterocycles. The average Bonchev–Trinajstić information content (AvgIpc) is 2.54. The first-order valence-corrected chi connectivity index (χ1v) is 8.14. The SMILES string of the molecule is COc1cc(C(=O)NCc2ccc(Cl)cc2Cl)cc(OC)c1Br. The number of amides is 1. The van der Waals surface area contributed by atoms with Crippen LogP contribution in [0.15, 0.2) is 34.8 Å². The summed E-state index contributed by atoms with van der Waals surface area (Å²) in [5.74, 6) is 0.762. The number of rotatable bonds is 5. The molecule has 0 unspecified atom stereocenters. The molecule has 4 nitrogen and oxygen atoms in total. The smallest absolute Gasteiger partial charge is 0.251 e. The zero-order valence-corrected chi connectivity index (χ0v) is 15.6. The highest BCUT2D eigenvalue weighted by molar-refractivity contribution is 9.10. The Morgan fingerprint density at radius 2 is 1.74 bits per heavy atom. The minimum absolute atomic E-state index is 0.264. The molecule has 0 aliphatic heterocycles. The Morgan fingerprint density at radius 3 is 2.26 bits per heavy atom. The molecule has 2 aromatic rings. The van der Waals surface area contributed by atoms with E-state index >= 15 is 0 Å². The second kappa shape index (κ2) is 7.90. The van der Waals surface area contributed by atoms with Crippen LogP contribution in [0.1, 0.15) is 15.9 Å². The number of ether oxygens (including phenoxy) is 2. The summed E-state index contributed by atoms with van der Waals surface area (Å²) in [7, 11) is 3.05. The first kappa shape index (κ1) is 17.9. The second-order valence-corrected chi connectivity index (χ2v) is 6.25. The van der Waals surface area contributed by atoms with Crippen molar-refractivity contribution < 1.29 is 14.3 Å². The summed E-state index contributed by atoms with van der Waals surface area (Å²) in [5, 5.41) is 3.86. The lowest BCUT2D eigenvalue weighted by atomic mass is 10.1. The van der Waals surface area contributed by atoms with Gasteiger partial charge in [-0.1, -0.05) is 29.3 Å². The van der Waals surface area contributed by atoms with Gasteiger partial charge in [-0.05, 0) is 45.8 Å². The maximum Gasteiger partial charge on any atom is 0.251 e. The third-order valence-electron chi connectivity index (χ3n) is 3.16. The Balaban J connectivity index is 2.17. The van der Waals surface area contributed by atoms with E-state index in [4.69, 9.17) is 32.7 Å². The summed E-state index contributed by atoms with van der Waals surface area (Å²) in [4.78, 5) is 12.3. The van der Waals surface area contributed by atoms with Crippen molar-refractivity contribution in [3.8, 4) is 11.5 Å². The number of nitrogens with one attached hydrogen (secondary N) is 1. The van der Waals surface area contributed by atoms with Crippen LogP contribution in [-0.2, 0) is 6.54 Å². The van der Waals surface area contributed by atoms with Gasteiger partial charge in [0.1, 0.15) is 16.0 Å². The molecule has 0 heterocycles. The lowest BCUT2D eigenvalue weighted by Crippen LogP contribution is -2.23. The maximum absolute atomic E-state index is 12.3. The summed E-state index contributed by atoms with van der Waals surface area (Å²) >= 11 is 15.3. The van der Waals surface area contributed by atoms with Crippen molar-refractivity contribution in [1.82, 2.24) is 5.32 Å². The lowest BCUT2D eigenvalue weighted by molar-refractivity contribution is 0.0950. The van der Waals surface area contributed by atoms with E-state index in [0.29, 0.717) is 31.6 Å². The molecule has 0 aliphatic rings. The third kappa shape index (κ3) is 4.31. The van der Waals surface area contributed by atoms with Gasteiger partial charge in [0.15, 0.2) is 0 Å².